The molecule has 0 unspecified atom stereocenters. The Balaban J connectivity index is -0.000000510. The van der Waals surface area contributed by atoms with E-state index in [9.17, 15) is 0 Å². The van der Waals surface area contributed by atoms with Crippen molar-refractivity contribution in [3.05, 3.63) is 0 Å². The summed E-state index contributed by atoms with van der Waals surface area (Å²) in [4.78, 5) is 0. The summed E-state index contributed by atoms with van der Waals surface area (Å²) in [5.41, 5.74) is 0. The molecule has 0 aliphatic carbocycles. The van der Waals surface area contributed by atoms with Gasteiger partial charge in [-0.05, 0) is 51.4 Å². The van der Waals surface area contributed by atoms with E-state index in [4.69, 9.17) is 0 Å². The molecule has 0 saturated carbocycles. The highest BCUT2D eigenvalue weighted by molar-refractivity contribution is 4.53. The molecular formula is C56H120Cl2N2. The highest BCUT2D eigenvalue weighted by Gasteiger charge is 2.14. The Morgan fingerprint density at radius 2 is 0.267 bits per heavy atom. The lowest BCUT2D eigenvalue weighted by Crippen LogP contribution is -3.00. The molecule has 0 aliphatic heterocycles. The van der Waals surface area contributed by atoms with Crippen LogP contribution < -0.4 is 24.8 Å². The molecule has 0 aromatic heterocycles. The zero-order valence-corrected chi connectivity index (χ0v) is 45.1. The van der Waals surface area contributed by atoms with E-state index in [2.05, 4.69) is 55.9 Å². The van der Waals surface area contributed by atoms with E-state index in [1.54, 1.807) is 0 Å². The van der Waals surface area contributed by atoms with Crippen LogP contribution in [0.5, 0.6) is 0 Å². The summed E-state index contributed by atoms with van der Waals surface area (Å²) in [6.45, 7) is 14.7. The van der Waals surface area contributed by atoms with E-state index >= 15 is 0 Å². The molecule has 0 bridgehead atoms. The second kappa shape index (κ2) is 55.6. The Kier molecular flexibility index (Phi) is 62.2. The fourth-order valence-corrected chi connectivity index (χ4v) is 9.04. The Bertz CT molecular complexity index is 670. The molecule has 0 radical (unpaired) electrons. The monoisotopic (exact) mass is 891 g/mol. The first-order valence-electron chi connectivity index (χ1n) is 27.9. The van der Waals surface area contributed by atoms with Crippen molar-refractivity contribution in [1.29, 1.82) is 0 Å². The smallest absolute Gasteiger partial charge is 0.0782 e. The number of hydrogen-bond acceptors (Lipinski definition) is 0. The number of rotatable bonds is 48. The summed E-state index contributed by atoms with van der Waals surface area (Å²) >= 11 is 0. The number of quaternary nitrogens is 2. The summed E-state index contributed by atoms with van der Waals surface area (Å²) < 4.78 is 2.49. The molecule has 0 N–H and O–H groups in total. The van der Waals surface area contributed by atoms with Gasteiger partial charge in [-0.25, -0.2) is 0 Å². The molecule has 0 rings (SSSR count). The number of nitrogens with zero attached hydrogens (tertiary/aromatic N) is 2. The van der Waals surface area contributed by atoms with Gasteiger partial charge in [-0.2, -0.15) is 0 Å². The maximum absolute atomic E-state index is 2.46. The fourth-order valence-electron chi connectivity index (χ4n) is 9.04. The lowest BCUT2D eigenvalue weighted by atomic mass is 10.0. The molecule has 0 fully saturated rings. The SMILES string of the molecule is CCCCCCCCCCCCCC[N+](C)(C)CCCCCCCCCCCCCC.CCCCCCCCCCCC[N+](C)(C)CCCCCCCCCCCC.[Cl-].[Cl-]. The van der Waals surface area contributed by atoms with Crippen molar-refractivity contribution in [2.45, 2.75) is 310 Å². The second-order valence-corrected chi connectivity index (χ2v) is 20.9. The predicted octanol–water partition coefficient (Wildman–Crippen LogP) is 13.4. The van der Waals surface area contributed by atoms with Gasteiger partial charge in [0.15, 0.2) is 0 Å². The standard InChI is InChI=1S/C30H64N.C26H56N.2ClH/c1-5-7-9-11-13-15-17-19-21-23-25-27-29-31(3,4)30-28-26-24-22-20-18-16-14-12-10-8-6-2;1-5-7-9-11-13-15-17-19-21-23-25-27(3,4)26-24-22-20-18-16-14-12-10-8-6-2;;/h5-30H2,1-4H3;5-26H2,1-4H3;2*1H/q2*+1;;/p-2. The molecule has 0 saturated heterocycles. The van der Waals surface area contributed by atoms with Crippen molar-refractivity contribution >= 4 is 0 Å². The number of hydrogen-bond donors (Lipinski definition) is 0. The van der Waals surface area contributed by atoms with Crippen LogP contribution >= 0.6 is 0 Å². The first-order chi connectivity index (χ1) is 28.2. The van der Waals surface area contributed by atoms with Crippen LogP contribution in [0.25, 0.3) is 0 Å². The maximum atomic E-state index is 2.46. The molecule has 0 spiro atoms. The van der Waals surface area contributed by atoms with Gasteiger partial charge in [0.2, 0.25) is 0 Å². The van der Waals surface area contributed by atoms with E-state index in [1.165, 1.54) is 318 Å². The Morgan fingerprint density at radius 3 is 0.383 bits per heavy atom. The molecule has 2 nitrogen and oxygen atoms in total. The minimum atomic E-state index is 0. The van der Waals surface area contributed by atoms with E-state index < -0.39 is 0 Å². The molecule has 4 heteroatoms. The van der Waals surface area contributed by atoms with Crippen LogP contribution in [0.3, 0.4) is 0 Å². The molecule has 0 aromatic carbocycles. The van der Waals surface area contributed by atoms with Crippen LogP contribution in [0.15, 0.2) is 0 Å². The van der Waals surface area contributed by atoms with E-state index in [0.29, 0.717) is 0 Å². The summed E-state index contributed by atoms with van der Waals surface area (Å²) in [5, 5.41) is 0. The van der Waals surface area contributed by atoms with Crippen molar-refractivity contribution in [3.63, 3.8) is 0 Å². The lowest BCUT2D eigenvalue weighted by molar-refractivity contribution is -0.890. The molecule has 0 heterocycles. The van der Waals surface area contributed by atoms with Crippen LogP contribution in [-0.2, 0) is 0 Å². The lowest BCUT2D eigenvalue weighted by Gasteiger charge is -2.30. The van der Waals surface area contributed by atoms with Gasteiger partial charge in [-0.1, -0.05) is 259 Å². The summed E-state index contributed by atoms with van der Waals surface area (Å²) in [6.07, 6.45) is 64.0. The van der Waals surface area contributed by atoms with Crippen molar-refractivity contribution in [3.8, 4) is 0 Å². The summed E-state index contributed by atoms with van der Waals surface area (Å²) in [7, 11) is 9.80. The van der Waals surface area contributed by atoms with E-state index in [-0.39, 0.29) is 24.8 Å². The van der Waals surface area contributed by atoms with Gasteiger partial charge in [-0.3, -0.25) is 0 Å². The van der Waals surface area contributed by atoms with Gasteiger partial charge in [0.1, 0.15) is 0 Å². The van der Waals surface area contributed by atoms with Crippen LogP contribution in [0.1, 0.15) is 310 Å². The first kappa shape index (κ1) is 67.1. The Labute approximate surface area is 396 Å². The van der Waals surface area contributed by atoms with Crippen molar-refractivity contribution in [1.82, 2.24) is 0 Å². The fraction of sp³-hybridized carbons (Fsp3) is 1.00. The van der Waals surface area contributed by atoms with Gasteiger partial charge < -0.3 is 33.8 Å². The van der Waals surface area contributed by atoms with Crippen molar-refractivity contribution in [2.75, 3.05) is 54.4 Å². The normalized spacial score (nSPS) is 11.6. The quantitative estimate of drug-likeness (QED) is 0.0422. The minimum absolute atomic E-state index is 0. The zero-order valence-electron chi connectivity index (χ0n) is 43.6. The minimum Gasteiger partial charge on any atom is -1.00 e. The third-order valence-electron chi connectivity index (χ3n) is 13.5. The Hall–Kier alpha value is 0.500. The zero-order chi connectivity index (χ0) is 42.9. The summed E-state index contributed by atoms with van der Waals surface area (Å²) in [6, 6.07) is 0. The first-order valence-corrected chi connectivity index (χ1v) is 27.9. The van der Waals surface area contributed by atoms with Gasteiger partial charge in [0, 0.05) is 0 Å². The maximum Gasteiger partial charge on any atom is 0.0782 e. The Morgan fingerprint density at radius 1 is 0.167 bits per heavy atom. The second-order valence-electron chi connectivity index (χ2n) is 20.9. The average Bonchev–Trinajstić information content (AvgIpc) is 3.20. The molecule has 0 amide bonds. The predicted molar refractivity (Wildman–Crippen MR) is 270 cm³/mol. The van der Waals surface area contributed by atoms with E-state index in [1.807, 2.05) is 0 Å². The van der Waals surface area contributed by atoms with Crippen molar-refractivity contribution in [2.24, 2.45) is 0 Å². The molecule has 60 heavy (non-hydrogen) atoms. The van der Waals surface area contributed by atoms with Gasteiger partial charge in [-0.15, -0.1) is 0 Å². The third kappa shape index (κ3) is 60.6. The topological polar surface area (TPSA) is 0 Å². The highest BCUT2D eigenvalue weighted by atomic mass is 35.5. The molecular weight excluding hydrogens is 772 g/mol. The average molecular weight is 892 g/mol. The number of halogens is 2. The number of unbranched alkanes of at least 4 members (excludes halogenated alkanes) is 40. The molecule has 0 aliphatic rings. The molecule has 368 valence electrons. The largest absolute Gasteiger partial charge is 1.00 e. The van der Waals surface area contributed by atoms with Crippen LogP contribution in [0.4, 0.5) is 0 Å². The summed E-state index contributed by atoms with van der Waals surface area (Å²) in [5.74, 6) is 0. The van der Waals surface area contributed by atoms with E-state index in [0.717, 1.165) is 0 Å². The van der Waals surface area contributed by atoms with Crippen molar-refractivity contribution < 1.29 is 33.8 Å². The van der Waals surface area contributed by atoms with Gasteiger partial charge >= 0.3 is 0 Å². The van der Waals surface area contributed by atoms with Crippen LogP contribution in [-0.4, -0.2) is 63.3 Å². The molecule has 0 atom stereocenters. The molecule has 0 aromatic rings. The highest BCUT2D eigenvalue weighted by Crippen LogP contribution is 2.17. The van der Waals surface area contributed by atoms with Crippen LogP contribution in [0.2, 0.25) is 0 Å². The van der Waals surface area contributed by atoms with Crippen LogP contribution in [0, 0.1) is 0 Å². The van der Waals surface area contributed by atoms with Gasteiger partial charge in [0.05, 0.1) is 54.4 Å². The third-order valence-corrected chi connectivity index (χ3v) is 13.5. The van der Waals surface area contributed by atoms with Gasteiger partial charge in [0.25, 0.3) is 0 Å².